The third-order valence-electron chi connectivity index (χ3n) is 2.37. The van der Waals surface area contributed by atoms with Crippen molar-refractivity contribution in [3.8, 4) is 0 Å². The van der Waals surface area contributed by atoms with Crippen LogP contribution >= 0.6 is 0 Å². The van der Waals surface area contributed by atoms with Gasteiger partial charge in [0.15, 0.2) is 0 Å². The average Bonchev–Trinajstić information content (AvgIpc) is 2.33. The van der Waals surface area contributed by atoms with Crippen LogP contribution in [0.15, 0.2) is 0 Å². The number of carboxylic acid groups (broad SMARTS) is 1. The predicted octanol–water partition coefficient (Wildman–Crippen LogP) is 0.444. The Kier molecular flexibility index (Phi) is 7.50. The van der Waals surface area contributed by atoms with Crippen molar-refractivity contribution in [2.45, 2.75) is 32.2 Å². The van der Waals surface area contributed by atoms with Crippen LogP contribution in [-0.2, 0) is 14.3 Å². The molecule has 0 unspecified atom stereocenters. The fourth-order valence-electron chi connectivity index (χ4n) is 1.32. The molecule has 2 amide bonds. The largest absolute Gasteiger partial charge is 0.480 e. The first-order valence-corrected chi connectivity index (χ1v) is 5.73. The molecule has 2 N–H and O–H groups in total. The third kappa shape index (κ3) is 6.07. The molecule has 0 aromatic carbocycles. The summed E-state index contributed by atoms with van der Waals surface area (Å²) in [6.07, 6.45) is 0.739. The van der Waals surface area contributed by atoms with E-state index in [1.54, 1.807) is 7.05 Å². The number of hydrogen-bond acceptors (Lipinski definition) is 4. The molecule has 0 aliphatic carbocycles. The lowest BCUT2D eigenvalue weighted by Gasteiger charge is -2.20. The lowest BCUT2D eigenvalue weighted by Crippen LogP contribution is -2.47. The highest BCUT2D eigenvalue weighted by molar-refractivity contribution is 5.83. The minimum absolute atomic E-state index is 0.00765. The van der Waals surface area contributed by atoms with Crippen LogP contribution in [0.5, 0.6) is 0 Å². The van der Waals surface area contributed by atoms with Crippen LogP contribution in [0.1, 0.15) is 26.2 Å². The Labute approximate surface area is 106 Å². The quantitative estimate of drug-likeness (QED) is 0.648. The van der Waals surface area contributed by atoms with Gasteiger partial charge in [-0.15, -0.1) is 0 Å². The van der Waals surface area contributed by atoms with Crippen molar-refractivity contribution in [2.24, 2.45) is 0 Å². The minimum Gasteiger partial charge on any atom is -0.480 e. The molecule has 0 aromatic rings. The molecule has 0 bridgehead atoms. The van der Waals surface area contributed by atoms with Crippen LogP contribution < -0.4 is 5.32 Å². The highest BCUT2D eigenvalue weighted by Gasteiger charge is 2.22. The second-order valence-electron chi connectivity index (χ2n) is 3.88. The van der Waals surface area contributed by atoms with Gasteiger partial charge in [0.25, 0.3) is 0 Å². The van der Waals surface area contributed by atoms with E-state index < -0.39 is 24.0 Å². The molecule has 0 aliphatic heterocycles. The number of amides is 2. The van der Waals surface area contributed by atoms with Gasteiger partial charge in [-0.2, -0.15) is 0 Å². The van der Waals surface area contributed by atoms with Crippen molar-refractivity contribution in [1.29, 1.82) is 0 Å². The fourth-order valence-corrected chi connectivity index (χ4v) is 1.32. The molecule has 0 aromatic heterocycles. The predicted molar refractivity (Wildman–Crippen MR) is 64.1 cm³/mol. The molecule has 0 spiro atoms. The molecule has 0 radical (unpaired) electrons. The molecule has 7 nitrogen and oxygen atoms in total. The van der Waals surface area contributed by atoms with E-state index >= 15 is 0 Å². The molecule has 0 fully saturated rings. The van der Waals surface area contributed by atoms with Crippen LogP contribution in [-0.4, -0.2) is 54.7 Å². The number of nitrogens with zero attached hydrogens (tertiary/aromatic N) is 1. The Morgan fingerprint density at radius 3 is 2.44 bits per heavy atom. The molecule has 0 rings (SSSR count). The summed E-state index contributed by atoms with van der Waals surface area (Å²) in [6, 6.07) is -1.55. The van der Waals surface area contributed by atoms with Crippen LogP contribution in [0.2, 0.25) is 0 Å². The number of carbonyl (C=O) groups is 3. The molecule has 0 saturated heterocycles. The van der Waals surface area contributed by atoms with Crippen molar-refractivity contribution < 1.29 is 24.2 Å². The number of esters is 1. The van der Waals surface area contributed by atoms with E-state index in [4.69, 9.17) is 5.11 Å². The van der Waals surface area contributed by atoms with E-state index in [2.05, 4.69) is 10.1 Å². The minimum atomic E-state index is -1.17. The summed E-state index contributed by atoms with van der Waals surface area (Å²) < 4.78 is 4.42. The van der Waals surface area contributed by atoms with Crippen LogP contribution in [0.4, 0.5) is 4.79 Å². The van der Waals surface area contributed by atoms with Crippen LogP contribution in [0.3, 0.4) is 0 Å². The molecule has 104 valence electrons. The van der Waals surface area contributed by atoms with Gasteiger partial charge in [-0.25, -0.2) is 9.59 Å². The third-order valence-corrected chi connectivity index (χ3v) is 2.37. The van der Waals surface area contributed by atoms with Gasteiger partial charge in [0, 0.05) is 20.0 Å². The summed E-state index contributed by atoms with van der Waals surface area (Å²) in [7, 11) is 2.81. The highest BCUT2D eigenvalue weighted by atomic mass is 16.5. The number of ether oxygens (including phenoxy) is 1. The second-order valence-corrected chi connectivity index (χ2v) is 3.88. The maximum atomic E-state index is 11.6. The number of carboxylic acids is 1. The Morgan fingerprint density at radius 2 is 2.00 bits per heavy atom. The molecule has 0 heterocycles. The van der Waals surface area contributed by atoms with Crippen molar-refractivity contribution in [3.05, 3.63) is 0 Å². The number of urea groups is 1. The zero-order valence-corrected chi connectivity index (χ0v) is 10.9. The summed E-state index contributed by atoms with van der Waals surface area (Å²) >= 11 is 0. The molecule has 0 saturated carbocycles. The lowest BCUT2D eigenvalue weighted by atomic mass is 10.1. The van der Waals surface area contributed by atoms with Crippen LogP contribution in [0.25, 0.3) is 0 Å². The first-order chi connectivity index (χ1) is 8.42. The first-order valence-electron chi connectivity index (χ1n) is 5.73. The molecular formula is C11H20N2O5. The zero-order valence-electron chi connectivity index (χ0n) is 10.9. The molecular weight excluding hydrogens is 240 g/mol. The summed E-state index contributed by atoms with van der Waals surface area (Å²) in [5.41, 5.74) is 0. The number of hydrogen-bond donors (Lipinski definition) is 2. The Bertz CT molecular complexity index is 306. The van der Waals surface area contributed by atoms with Crippen molar-refractivity contribution in [3.63, 3.8) is 0 Å². The van der Waals surface area contributed by atoms with Gasteiger partial charge in [0.05, 0.1) is 7.11 Å². The zero-order chi connectivity index (χ0) is 14.1. The summed E-state index contributed by atoms with van der Waals surface area (Å²) in [5, 5.41) is 11.3. The highest BCUT2D eigenvalue weighted by Crippen LogP contribution is 2.01. The molecule has 0 aliphatic rings. The Balaban J connectivity index is 4.31. The van der Waals surface area contributed by atoms with Gasteiger partial charge in [-0.05, 0) is 12.8 Å². The van der Waals surface area contributed by atoms with Gasteiger partial charge in [0.1, 0.15) is 6.04 Å². The van der Waals surface area contributed by atoms with Gasteiger partial charge in [0.2, 0.25) is 0 Å². The molecule has 1 atom stereocenters. The van der Waals surface area contributed by atoms with Crippen LogP contribution in [0, 0.1) is 0 Å². The van der Waals surface area contributed by atoms with E-state index in [0.717, 1.165) is 6.42 Å². The summed E-state index contributed by atoms with van der Waals surface area (Å²) in [4.78, 5) is 34.8. The lowest BCUT2D eigenvalue weighted by molar-refractivity contribution is -0.142. The average molecular weight is 260 g/mol. The molecule has 7 heteroatoms. The van der Waals surface area contributed by atoms with Gasteiger partial charge >= 0.3 is 18.0 Å². The smallest absolute Gasteiger partial charge is 0.326 e. The fraction of sp³-hybridized carbons (Fsp3) is 0.727. The number of nitrogens with one attached hydrogen (secondary N) is 1. The second kappa shape index (κ2) is 8.32. The number of carbonyl (C=O) groups excluding carboxylic acids is 2. The van der Waals surface area contributed by atoms with Gasteiger partial charge in [-0.3, -0.25) is 4.79 Å². The first kappa shape index (κ1) is 16.2. The number of rotatable bonds is 7. The van der Waals surface area contributed by atoms with E-state index in [9.17, 15) is 14.4 Å². The number of methoxy groups -OCH3 is 1. The standard InChI is InChI=1S/C11H20N2O5/c1-4-7-13(2)11(17)12-8(10(15)16)5-6-9(14)18-3/h8H,4-7H2,1-3H3,(H,12,17)(H,15,16)/t8-/m0/s1. The van der Waals surface area contributed by atoms with E-state index in [0.29, 0.717) is 6.54 Å². The number of aliphatic carboxylic acids is 1. The maximum Gasteiger partial charge on any atom is 0.326 e. The topological polar surface area (TPSA) is 95.9 Å². The van der Waals surface area contributed by atoms with Gasteiger partial charge in [-0.1, -0.05) is 6.92 Å². The summed E-state index contributed by atoms with van der Waals surface area (Å²) in [6.45, 7) is 2.45. The summed E-state index contributed by atoms with van der Waals surface area (Å²) in [5.74, 6) is -1.67. The van der Waals surface area contributed by atoms with E-state index in [-0.39, 0.29) is 12.8 Å². The van der Waals surface area contributed by atoms with E-state index in [1.165, 1.54) is 12.0 Å². The SMILES string of the molecule is CCCN(C)C(=O)N[C@@H](CCC(=O)OC)C(=O)O. The van der Waals surface area contributed by atoms with Gasteiger partial charge < -0.3 is 20.1 Å². The Morgan fingerprint density at radius 1 is 1.39 bits per heavy atom. The Hall–Kier alpha value is -1.79. The van der Waals surface area contributed by atoms with Crippen molar-refractivity contribution in [2.75, 3.05) is 20.7 Å². The normalized spacial score (nSPS) is 11.5. The van der Waals surface area contributed by atoms with Crippen molar-refractivity contribution >= 4 is 18.0 Å². The molecule has 18 heavy (non-hydrogen) atoms. The van der Waals surface area contributed by atoms with E-state index in [1.807, 2.05) is 6.92 Å². The monoisotopic (exact) mass is 260 g/mol. The maximum absolute atomic E-state index is 11.6. The van der Waals surface area contributed by atoms with Crippen molar-refractivity contribution in [1.82, 2.24) is 10.2 Å².